The molecule has 1 N–H and O–H groups in total. The highest BCUT2D eigenvalue weighted by molar-refractivity contribution is 7.89. The van der Waals surface area contributed by atoms with E-state index < -0.39 is 10.0 Å². The van der Waals surface area contributed by atoms with E-state index in [4.69, 9.17) is 11.6 Å². The van der Waals surface area contributed by atoms with Gasteiger partial charge in [-0.25, -0.2) is 18.1 Å². The molecule has 0 saturated carbocycles. The zero-order valence-electron chi connectivity index (χ0n) is 12.6. The van der Waals surface area contributed by atoms with Crippen molar-refractivity contribution in [3.05, 3.63) is 53.2 Å². The molecular weight excluding hydrogens is 334 g/mol. The predicted octanol–water partition coefficient (Wildman–Crippen LogP) is 2.81. The molecule has 1 fully saturated rings. The van der Waals surface area contributed by atoms with E-state index in [0.29, 0.717) is 0 Å². The highest BCUT2D eigenvalue weighted by Crippen LogP contribution is 2.21. The molecule has 0 atom stereocenters. The Morgan fingerprint density at radius 3 is 2.52 bits per heavy atom. The molecule has 0 amide bonds. The van der Waals surface area contributed by atoms with Crippen molar-refractivity contribution in [1.82, 2.24) is 9.71 Å². The molecular formula is C16H18ClN3O2S. The lowest BCUT2D eigenvalue weighted by Crippen LogP contribution is -2.24. The van der Waals surface area contributed by atoms with Gasteiger partial charge in [0, 0.05) is 25.8 Å². The molecule has 23 heavy (non-hydrogen) atoms. The van der Waals surface area contributed by atoms with Crippen molar-refractivity contribution >= 4 is 27.4 Å². The van der Waals surface area contributed by atoms with Crippen LogP contribution in [0.1, 0.15) is 18.4 Å². The summed E-state index contributed by atoms with van der Waals surface area (Å²) in [7, 11) is -3.64. The number of sulfonamides is 1. The minimum Gasteiger partial charge on any atom is -0.357 e. The van der Waals surface area contributed by atoms with E-state index in [1.54, 1.807) is 24.4 Å². The van der Waals surface area contributed by atoms with Crippen LogP contribution < -0.4 is 9.62 Å². The zero-order valence-corrected chi connectivity index (χ0v) is 14.1. The maximum Gasteiger partial charge on any atom is 0.242 e. The first-order valence-corrected chi connectivity index (χ1v) is 9.36. The monoisotopic (exact) mass is 351 g/mol. The maximum atomic E-state index is 12.3. The lowest BCUT2D eigenvalue weighted by molar-refractivity contribution is 0.581. The Labute approximate surface area is 141 Å². The first-order chi connectivity index (χ1) is 11.1. The van der Waals surface area contributed by atoms with Crippen LogP contribution in [0.4, 0.5) is 5.82 Å². The van der Waals surface area contributed by atoms with Crippen LogP contribution in [-0.4, -0.2) is 26.5 Å². The third-order valence-electron chi connectivity index (χ3n) is 3.83. The number of nitrogens with one attached hydrogen (secondary N) is 1. The minimum absolute atomic E-state index is 0.0864. The van der Waals surface area contributed by atoms with Crippen LogP contribution in [0, 0.1) is 0 Å². The first-order valence-electron chi connectivity index (χ1n) is 7.50. The summed E-state index contributed by atoms with van der Waals surface area (Å²) < 4.78 is 27.1. The largest absolute Gasteiger partial charge is 0.357 e. The Morgan fingerprint density at radius 2 is 1.87 bits per heavy atom. The van der Waals surface area contributed by atoms with Crippen molar-refractivity contribution in [2.75, 3.05) is 18.0 Å². The molecule has 0 radical (unpaired) electrons. The molecule has 0 unspecified atom stereocenters. The lowest BCUT2D eigenvalue weighted by Gasteiger charge is -2.16. The van der Waals surface area contributed by atoms with Crippen molar-refractivity contribution in [2.45, 2.75) is 24.3 Å². The van der Waals surface area contributed by atoms with Gasteiger partial charge < -0.3 is 4.90 Å². The second kappa shape index (κ2) is 6.86. The quantitative estimate of drug-likeness (QED) is 0.899. The predicted molar refractivity (Wildman–Crippen MR) is 91.2 cm³/mol. The number of anilines is 1. The van der Waals surface area contributed by atoms with Crippen molar-refractivity contribution in [1.29, 1.82) is 0 Å². The number of benzene rings is 1. The molecule has 1 aliphatic heterocycles. The van der Waals surface area contributed by atoms with Gasteiger partial charge in [0.15, 0.2) is 0 Å². The van der Waals surface area contributed by atoms with Gasteiger partial charge in [-0.3, -0.25) is 0 Å². The van der Waals surface area contributed by atoms with E-state index >= 15 is 0 Å². The summed E-state index contributed by atoms with van der Waals surface area (Å²) in [6.07, 6.45) is 4.10. The lowest BCUT2D eigenvalue weighted by atomic mass is 10.3. The van der Waals surface area contributed by atoms with E-state index in [1.165, 1.54) is 18.9 Å². The molecule has 0 aliphatic carbocycles. The number of nitrogens with zero attached hydrogens (tertiary/aromatic N) is 2. The van der Waals surface area contributed by atoms with Gasteiger partial charge in [0.25, 0.3) is 0 Å². The normalized spacial score (nSPS) is 15.1. The molecule has 0 spiro atoms. The summed E-state index contributed by atoms with van der Waals surface area (Å²) in [4.78, 5) is 6.74. The smallest absolute Gasteiger partial charge is 0.242 e. The third-order valence-corrected chi connectivity index (χ3v) is 5.73. The van der Waals surface area contributed by atoms with Gasteiger partial charge in [-0.1, -0.05) is 29.8 Å². The molecule has 7 heteroatoms. The fraction of sp³-hybridized carbons (Fsp3) is 0.312. The Morgan fingerprint density at radius 1 is 1.13 bits per heavy atom. The Hall–Kier alpha value is -1.63. The molecule has 2 aromatic rings. The van der Waals surface area contributed by atoms with Gasteiger partial charge in [-0.2, -0.15) is 0 Å². The average molecular weight is 352 g/mol. The molecule has 1 aliphatic rings. The van der Waals surface area contributed by atoms with Crippen molar-refractivity contribution in [3.63, 3.8) is 0 Å². The van der Waals surface area contributed by atoms with E-state index in [9.17, 15) is 8.42 Å². The van der Waals surface area contributed by atoms with E-state index in [-0.39, 0.29) is 16.5 Å². The van der Waals surface area contributed by atoms with Crippen LogP contribution in [0.25, 0.3) is 0 Å². The summed E-state index contributed by atoms with van der Waals surface area (Å²) in [5.41, 5.74) is 0.809. The summed E-state index contributed by atoms with van der Waals surface area (Å²) >= 11 is 5.95. The highest BCUT2D eigenvalue weighted by atomic mass is 35.5. The van der Waals surface area contributed by atoms with Gasteiger partial charge in [-0.15, -0.1) is 0 Å². The number of halogens is 1. The van der Waals surface area contributed by atoms with Crippen LogP contribution in [-0.2, 0) is 16.6 Å². The summed E-state index contributed by atoms with van der Waals surface area (Å²) in [6, 6.07) is 10.2. The summed E-state index contributed by atoms with van der Waals surface area (Å²) in [5, 5.41) is 0.211. The van der Waals surface area contributed by atoms with Gasteiger partial charge in [-0.05, 0) is 36.6 Å². The Balaban J connectivity index is 1.67. The molecule has 0 bridgehead atoms. The number of pyridine rings is 1. The van der Waals surface area contributed by atoms with Crippen LogP contribution >= 0.6 is 11.6 Å². The Kier molecular flexibility index (Phi) is 4.84. The third kappa shape index (κ3) is 3.83. The second-order valence-corrected chi connectivity index (χ2v) is 7.62. The van der Waals surface area contributed by atoms with Crippen molar-refractivity contribution < 1.29 is 8.42 Å². The summed E-state index contributed by atoms with van der Waals surface area (Å²) in [6.45, 7) is 2.25. The van der Waals surface area contributed by atoms with Gasteiger partial charge in [0.1, 0.15) is 10.7 Å². The highest BCUT2D eigenvalue weighted by Gasteiger charge is 2.17. The fourth-order valence-electron chi connectivity index (χ4n) is 2.57. The van der Waals surface area contributed by atoms with Crippen LogP contribution in [0.3, 0.4) is 0 Å². The van der Waals surface area contributed by atoms with E-state index in [1.807, 2.05) is 12.1 Å². The fourth-order valence-corrected chi connectivity index (χ4v) is 4.11. The molecule has 3 rings (SSSR count). The number of hydrogen-bond donors (Lipinski definition) is 1. The van der Waals surface area contributed by atoms with E-state index in [0.717, 1.165) is 24.5 Å². The standard InChI is InChI=1S/C16H18ClN3O2S/c17-14-5-1-2-6-15(14)23(21,22)19-12-13-7-8-16(18-11-13)20-9-3-4-10-20/h1-2,5-8,11,19H,3-4,9-10,12H2. The van der Waals surface area contributed by atoms with Gasteiger partial charge in [0.2, 0.25) is 10.0 Å². The van der Waals surface area contributed by atoms with Crippen LogP contribution in [0.2, 0.25) is 5.02 Å². The van der Waals surface area contributed by atoms with E-state index in [2.05, 4.69) is 14.6 Å². The molecule has 2 heterocycles. The van der Waals surface area contributed by atoms with Crippen molar-refractivity contribution in [2.24, 2.45) is 0 Å². The molecule has 5 nitrogen and oxygen atoms in total. The van der Waals surface area contributed by atoms with Crippen LogP contribution in [0.15, 0.2) is 47.5 Å². The van der Waals surface area contributed by atoms with Crippen molar-refractivity contribution in [3.8, 4) is 0 Å². The van der Waals surface area contributed by atoms with Gasteiger partial charge in [0.05, 0.1) is 5.02 Å². The van der Waals surface area contributed by atoms with Crippen LogP contribution in [0.5, 0.6) is 0 Å². The zero-order chi connectivity index (χ0) is 16.3. The molecule has 122 valence electrons. The topological polar surface area (TPSA) is 62.3 Å². The summed E-state index contributed by atoms with van der Waals surface area (Å²) in [5.74, 6) is 0.945. The minimum atomic E-state index is -3.64. The molecule has 1 saturated heterocycles. The van der Waals surface area contributed by atoms with Gasteiger partial charge >= 0.3 is 0 Å². The number of aromatic nitrogens is 1. The maximum absolute atomic E-state index is 12.3. The molecule has 1 aromatic carbocycles. The number of hydrogen-bond acceptors (Lipinski definition) is 4. The SMILES string of the molecule is O=S(=O)(NCc1ccc(N2CCCC2)nc1)c1ccccc1Cl. The molecule has 1 aromatic heterocycles. The number of rotatable bonds is 5. The average Bonchev–Trinajstić information content (AvgIpc) is 3.08. The second-order valence-electron chi connectivity index (χ2n) is 5.47. The first kappa shape index (κ1) is 16.2. The Bertz CT molecular complexity index is 772.